The van der Waals surface area contributed by atoms with Crippen LogP contribution in [0.3, 0.4) is 0 Å². The molecule has 64 valence electrons. The van der Waals surface area contributed by atoms with Gasteiger partial charge in [-0.3, -0.25) is 4.90 Å². The van der Waals surface area contributed by atoms with Crippen LogP contribution in [-0.4, -0.2) is 35.7 Å². The zero-order valence-electron chi connectivity index (χ0n) is 7.00. The molecule has 2 nitrogen and oxygen atoms in total. The molecule has 1 heterocycles. The van der Waals surface area contributed by atoms with E-state index in [0.29, 0.717) is 0 Å². The van der Waals surface area contributed by atoms with Crippen LogP contribution in [0.5, 0.6) is 0 Å². The summed E-state index contributed by atoms with van der Waals surface area (Å²) in [6, 6.07) is 0. The highest BCUT2D eigenvalue weighted by Crippen LogP contribution is 2.09. The van der Waals surface area contributed by atoms with Crippen molar-refractivity contribution in [3.8, 4) is 0 Å². The maximum atomic E-state index is 9.41. The fourth-order valence-electron chi connectivity index (χ4n) is 1.54. The molecule has 0 radical (unpaired) electrons. The molecule has 2 heteroatoms. The molecule has 1 aliphatic rings. The Balaban J connectivity index is 2.32. The molecule has 0 spiro atoms. The van der Waals surface area contributed by atoms with Gasteiger partial charge in [0.2, 0.25) is 0 Å². The first kappa shape index (κ1) is 8.75. The predicted molar refractivity (Wildman–Crippen MR) is 46.5 cm³/mol. The molecule has 0 saturated carbocycles. The minimum atomic E-state index is -0.113. The molecule has 1 saturated heterocycles. The number of hydrogen-bond acceptors (Lipinski definition) is 2. The number of likely N-dealkylation sites (tertiary alicyclic amines) is 1. The fourth-order valence-corrected chi connectivity index (χ4v) is 1.54. The third-order valence-corrected chi connectivity index (χ3v) is 2.12. The van der Waals surface area contributed by atoms with Crippen molar-refractivity contribution in [2.24, 2.45) is 0 Å². The Morgan fingerprint density at radius 2 is 2.36 bits per heavy atom. The quantitative estimate of drug-likeness (QED) is 0.602. The minimum Gasteiger partial charge on any atom is -0.392 e. The summed E-state index contributed by atoms with van der Waals surface area (Å²) in [5.41, 5.74) is 0. The topological polar surface area (TPSA) is 23.5 Å². The summed E-state index contributed by atoms with van der Waals surface area (Å²) in [5, 5.41) is 9.41. The molecule has 0 aromatic rings. The molecular weight excluding hydrogens is 138 g/mol. The van der Waals surface area contributed by atoms with E-state index in [9.17, 15) is 5.11 Å². The van der Waals surface area contributed by atoms with Crippen molar-refractivity contribution in [2.45, 2.75) is 25.4 Å². The number of rotatable bonds is 2. The Morgan fingerprint density at radius 1 is 1.55 bits per heavy atom. The zero-order valence-corrected chi connectivity index (χ0v) is 7.00. The molecular formula is C9H17NO. The van der Waals surface area contributed by atoms with E-state index in [4.69, 9.17) is 0 Å². The van der Waals surface area contributed by atoms with Gasteiger partial charge in [-0.25, -0.2) is 0 Å². The van der Waals surface area contributed by atoms with Crippen molar-refractivity contribution in [1.29, 1.82) is 0 Å². The summed E-state index contributed by atoms with van der Waals surface area (Å²) in [4.78, 5) is 2.25. The van der Waals surface area contributed by atoms with Crippen molar-refractivity contribution in [3.63, 3.8) is 0 Å². The van der Waals surface area contributed by atoms with Crippen LogP contribution in [0.1, 0.15) is 19.3 Å². The summed E-state index contributed by atoms with van der Waals surface area (Å²) in [6.07, 6.45) is 5.13. The van der Waals surface area contributed by atoms with Crippen LogP contribution in [0.25, 0.3) is 0 Å². The van der Waals surface area contributed by atoms with Crippen LogP contribution in [0.4, 0.5) is 0 Å². The van der Waals surface area contributed by atoms with Crippen molar-refractivity contribution in [1.82, 2.24) is 4.90 Å². The summed E-state index contributed by atoms with van der Waals surface area (Å²) >= 11 is 0. The smallest absolute Gasteiger partial charge is 0.0667 e. The van der Waals surface area contributed by atoms with E-state index < -0.39 is 0 Å². The molecule has 1 atom stereocenters. The van der Waals surface area contributed by atoms with E-state index in [-0.39, 0.29) is 6.10 Å². The highest BCUT2D eigenvalue weighted by molar-refractivity contribution is 4.77. The molecule has 0 bridgehead atoms. The summed E-state index contributed by atoms with van der Waals surface area (Å²) in [5.74, 6) is 0. The summed E-state index contributed by atoms with van der Waals surface area (Å²) < 4.78 is 0. The van der Waals surface area contributed by atoms with Gasteiger partial charge in [0.25, 0.3) is 0 Å². The zero-order chi connectivity index (χ0) is 8.10. The first-order valence-corrected chi connectivity index (χ1v) is 4.34. The molecule has 1 N–H and O–H groups in total. The molecule has 1 rings (SSSR count). The van der Waals surface area contributed by atoms with Gasteiger partial charge in [0.15, 0.2) is 0 Å². The Morgan fingerprint density at radius 3 is 3.09 bits per heavy atom. The average molecular weight is 155 g/mol. The molecule has 0 aliphatic carbocycles. The van der Waals surface area contributed by atoms with Crippen LogP contribution < -0.4 is 0 Å². The molecule has 0 aromatic heterocycles. The van der Waals surface area contributed by atoms with Crippen molar-refractivity contribution >= 4 is 0 Å². The lowest BCUT2D eigenvalue weighted by Gasteiger charge is -2.19. The number of hydrogen-bond donors (Lipinski definition) is 1. The number of aliphatic hydroxyl groups excluding tert-OH is 1. The second-order valence-corrected chi connectivity index (χ2v) is 3.20. The molecule has 1 unspecified atom stereocenters. The fraction of sp³-hybridized carbons (Fsp3) is 0.778. The third-order valence-electron chi connectivity index (χ3n) is 2.12. The van der Waals surface area contributed by atoms with E-state index in [2.05, 4.69) is 11.5 Å². The van der Waals surface area contributed by atoms with Gasteiger partial charge >= 0.3 is 0 Å². The van der Waals surface area contributed by atoms with E-state index in [1.54, 1.807) is 0 Å². The first-order valence-electron chi connectivity index (χ1n) is 4.34. The lowest BCUT2D eigenvalue weighted by molar-refractivity contribution is 0.127. The number of nitrogens with zero attached hydrogens (tertiary/aromatic N) is 1. The van der Waals surface area contributed by atoms with Crippen molar-refractivity contribution in [2.75, 3.05) is 19.6 Å². The Labute approximate surface area is 68.5 Å². The van der Waals surface area contributed by atoms with E-state index in [1.165, 1.54) is 6.42 Å². The standard InChI is InChI=1S/C9H17NO/c1-2-6-10-7-4-3-5-9(11)8-10/h2,9,11H,1,3-8H2. The second kappa shape index (κ2) is 4.52. The van der Waals surface area contributed by atoms with E-state index >= 15 is 0 Å². The minimum absolute atomic E-state index is 0.113. The van der Waals surface area contributed by atoms with Gasteiger partial charge in [0.05, 0.1) is 6.10 Å². The normalized spacial score (nSPS) is 27.9. The first-order chi connectivity index (χ1) is 5.33. The van der Waals surface area contributed by atoms with Gasteiger partial charge in [-0.15, -0.1) is 6.58 Å². The summed E-state index contributed by atoms with van der Waals surface area (Å²) in [6.45, 7) is 6.54. The van der Waals surface area contributed by atoms with E-state index in [0.717, 1.165) is 32.5 Å². The maximum absolute atomic E-state index is 9.41. The molecule has 1 fully saturated rings. The highest BCUT2D eigenvalue weighted by Gasteiger charge is 2.13. The maximum Gasteiger partial charge on any atom is 0.0667 e. The van der Waals surface area contributed by atoms with Crippen LogP contribution in [0, 0.1) is 0 Å². The van der Waals surface area contributed by atoms with Gasteiger partial charge in [-0.1, -0.05) is 6.08 Å². The summed E-state index contributed by atoms with van der Waals surface area (Å²) in [7, 11) is 0. The Hall–Kier alpha value is -0.340. The second-order valence-electron chi connectivity index (χ2n) is 3.20. The lowest BCUT2D eigenvalue weighted by atomic mass is 10.2. The Kier molecular flexibility index (Phi) is 3.60. The lowest BCUT2D eigenvalue weighted by Crippen LogP contribution is -2.30. The monoisotopic (exact) mass is 155 g/mol. The highest BCUT2D eigenvalue weighted by atomic mass is 16.3. The van der Waals surface area contributed by atoms with Crippen LogP contribution in [-0.2, 0) is 0 Å². The molecule has 1 aliphatic heterocycles. The van der Waals surface area contributed by atoms with Gasteiger partial charge in [0, 0.05) is 13.1 Å². The largest absolute Gasteiger partial charge is 0.392 e. The van der Waals surface area contributed by atoms with E-state index in [1.807, 2.05) is 6.08 Å². The van der Waals surface area contributed by atoms with Gasteiger partial charge in [0.1, 0.15) is 0 Å². The average Bonchev–Trinajstić information content (AvgIpc) is 2.15. The Bertz CT molecular complexity index is 125. The van der Waals surface area contributed by atoms with Crippen LogP contribution in [0.15, 0.2) is 12.7 Å². The van der Waals surface area contributed by atoms with Gasteiger partial charge in [-0.05, 0) is 25.8 Å². The molecule has 0 aromatic carbocycles. The number of β-amino-alcohol motifs (C(OH)–C–C–N with tert-alkyl or cyclic N) is 1. The molecule has 11 heavy (non-hydrogen) atoms. The SMILES string of the molecule is C=CCN1CCCCC(O)C1. The van der Waals surface area contributed by atoms with Crippen LogP contribution >= 0.6 is 0 Å². The van der Waals surface area contributed by atoms with Gasteiger partial charge < -0.3 is 5.11 Å². The third kappa shape index (κ3) is 3.04. The van der Waals surface area contributed by atoms with Gasteiger partial charge in [-0.2, -0.15) is 0 Å². The van der Waals surface area contributed by atoms with Crippen molar-refractivity contribution < 1.29 is 5.11 Å². The molecule has 0 amide bonds. The van der Waals surface area contributed by atoms with Crippen LogP contribution in [0.2, 0.25) is 0 Å². The number of aliphatic hydroxyl groups is 1. The van der Waals surface area contributed by atoms with Crippen molar-refractivity contribution in [3.05, 3.63) is 12.7 Å². The predicted octanol–water partition coefficient (Wildman–Crippen LogP) is 1.02.